The van der Waals surface area contributed by atoms with Crippen LogP contribution in [0.2, 0.25) is 0 Å². The molecule has 1 aliphatic rings. The lowest BCUT2D eigenvalue weighted by molar-refractivity contribution is 0.336. The second-order valence-electron chi connectivity index (χ2n) is 5.61. The van der Waals surface area contributed by atoms with Crippen LogP contribution in [0.4, 0.5) is 0 Å². The van der Waals surface area contributed by atoms with E-state index < -0.39 is 0 Å². The third-order valence-electron chi connectivity index (χ3n) is 4.06. The number of hydrogen-bond donors (Lipinski definition) is 1. The molecule has 1 unspecified atom stereocenters. The summed E-state index contributed by atoms with van der Waals surface area (Å²) in [5, 5.41) is 4.24. The summed E-state index contributed by atoms with van der Waals surface area (Å²) in [6, 6.07) is 8.28. The van der Waals surface area contributed by atoms with Gasteiger partial charge in [0.15, 0.2) is 5.96 Å². The van der Waals surface area contributed by atoms with E-state index in [0.29, 0.717) is 6.61 Å². The molecule has 0 aliphatic carbocycles. The van der Waals surface area contributed by atoms with Crippen molar-refractivity contribution in [1.29, 1.82) is 0 Å². The molecule has 0 amide bonds. The summed E-state index contributed by atoms with van der Waals surface area (Å²) >= 11 is 2.08. The zero-order valence-electron chi connectivity index (χ0n) is 15.0. The van der Waals surface area contributed by atoms with Crippen LogP contribution in [-0.2, 0) is 6.42 Å². The third kappa shape index (κ3) is 6.35. The number of nitrogens with zero attached hydrogens (tertiary/aromatic N) is 2. The van der Waals surface area contributed by atoms with Gasteiger partial charge in [-0.25, -0.2) is 0 Å². The summed E-state index contributed by atoms with van der Waals surface area (Å²) in [5.74, 6) is 3.21. The normalized spacial score (nSPS) is 18.0. The molecule has 0 radical (unpaired) electrons. The molecule has 136 valence electrons. The summed E-state index contributed by atoms with van der Waals surface area (Å²) in [7, 11) is 1.87. The van der Waals surface area contributed by atoms with Gasteiger partial charge in [-0.15, -0.1) is 24.0 Å². The Balaban J connectivity index is 0.00000288. The highest BCUT2D eigenvalue weighted by Gasteiger charge is 2.21. The first-order valence-corrected chi connectivity index (χ1v) is 9.61. The Morgan fingerprint density at radius 1 is 1.38 bits per heavy atom. The van der Waals surface area contributed by atoms with Gasteiger partial charge < -0.3 is 15.0 Å². The number of thioether (sulfide) groups is 1. The summed E-state index contributed by atoms with van der Waals surface area (Å²) in [6.45, 7) is 8.04. The van der Waals surface area contributed by atoms with E-state index in [-0.39, 0.29) is 24.0 Å². The first-order chi connectivity index (χ1) is 11.3. The molecule has 1 aliphatic heterocycles. The molecule has 1 fully saturated rings. The molecule has 1 atom stereocenters. The molecule has 1 saturated heterocycles. The molecule has 24 heavy (non-hydrogen) atoms. The summed E-state index contributed by atoms with van der Waals surface area (Å²) < 4.78 is 5.69. The molecule has 0 spiro atoms. The number of ether oxygens (including phenoxy) is 1. The van der Waals surface area contributed by atoms with Crippen molar-refractivity contribution in [2.75, 3.05) is 39.0 Å². The van der Waals surface area contributed by atoms with Crippen LogP contribution in [0.25, 0.3) is 0 Å². The number of halogens is 1. The monoisotopic (exact) mass is 463 g/mol. The predicted molar refractivity (Wildman–Crippen MR) is 116 cm³/mol. The number of rotatable bonds is 6. The molecule has 1 aromatic carbocycles. The van der Waals surface area contributed by atoms with Crippen LogP contribution >= 0.6 is 35.7 Å². The van der Waals surface area contributed by atoms with Gasteiger partial charge in [-0.2, -0.15) is 11.8 Å². The molecule has 2 rings (SSSR count). The summed E-state index contributed by atoms with van der Waals surface area (Å²) in [5.41, 5.74) is 1.25. The van der Waals surface area contributed by atoms with Crippen LogP contribution in [0.15, 0.2) is 29.3 Å². The van der Waals surface area contributed by atoms with Crippen molar-refractivity contribution in [1.82, 2.24) is 10.2 Å². The zero-order valence-corrected chi connectivity index (χ0v) is 18.1. The van der Waals surface area contributed by atoms with Crippen LogP contribution < -0.4 is 10.1 Å². The van der Waals surface area contributed by atoms with Gasteiger partial charge in [0.25, 0.3) is 0 Å². The third-order valence-corrected chi connectivity index (χ3v) is 5.43. The number of hydrogen-bond acceptors (Lipinski definition) is 3. The number of benzene rings is 1. The van der Waals surface area contributed by atoms with E-state index in [9.17, 15) is 0 Å². The van der Waals surface area contributed by atoms with E-state index in [1.165, 1.54) is 17.7 Å². The predicted octanol–water partition coefficient (Wildman–Crippen LogP) is 3.65. The second kappa shape index (κ2) is 11.8. The lowest BCUT2D eigenvalue weighted by atomic mass is 10.1. The lowest BCUT2D eigenvalue weighted by Crippen LogP contribution is -2.48. The Morgan fingerprint density at radius 2 is 2.17 bits per heavy atom. The fraction of sp³-hybridized carbons (Fsp3) is 0.611. The molecule has 0 bridgehead atoms. The Hall–Kier alpha value is -0.630. The Labute approximate surface area is 167 Å². The minimum Gasteiger partial charge on any atom is -0.494 e. The van der Waals surface area contributed by atoms with Crippen molar-refractivity contribution in [3.8, 4) is 5.75 Å². The summed E-state index contributed by atoms with van der Waals surface area (Å²) in [4.78, 5) is 6.85. The Kier molecular flexibility index (Phi) is 10.6. The smallest absolute Gasteiger partial charge is 0.193 e. The van der Waals surface area contributed by atoms with Crippen molar-refractivity contribution in [3.05, 3.63) is 29.8 Å². The van der Waals surface area contributed by atoms with E-state index in [1.807, 2.05) is 26.1 Å². The van der Waals surface area contributed by atoms with Gasteiger partial charge >= 0.3 is 0 Å². The highest BCUT2D eigenvalue weighted by molar-refractivity contribution is 14.0. The van der Waals surface area contributed by atoms with Crippen molar-refractivity contribution in [2.45, 2.75) is 31.9 Å². The van der Waals surface area contributed by atoms with E-state index in [0.717, 1.165) is 43.0 Å². The van der Waals surface area contributed by atoms with Gasteiger partial charge in [0.1, 0.15) is 5.75 Å². The van der Waals surface area contributed by atoms with Gasteiger partial charge in [-0.05, 0) is 31.4 Å². The van der Waals surface area contributed by atoms with Gasteiger partial charge in [-0.1, -0.05) is 25.1 Å². The van der Waals surface area contributed by atoms with Gasteiger partial charge in [0.05, 0.1) is 6.61 Å². The van der Waals surface area contributed by atoms with Gasteiger partial charge in [0.2, 0.25) is 0 Å². The minimum atomic E-state index is 0. The SMILES string of the molecule is CCOc1ccccc1CCNC(=NC)N1CCSC(CC)C1.I. The number of aliphatic imine (C=N–C) groups is 1. The number of guanidine groups is 1. The van der Waals surface area contributed by atoms with E-state index in [1.54, 1.807) is 0 Å². The number of nitrogens with one attached hydrogen (secondary N) is 1. The lowest BCUT2D eigenvalue weighted by Gasteiger charge is -2.34. The summed E-state index contributed by atoms with van der Waals surface area (Å²) in [6.07, 6.45) is 2.16. The molecule has 1 N–H and O–H groups in total. The van der Waals surface area contributed by atoms with Gasteiger partial charge in [-0.3, -0.25) is 4.99 Å². The first kappa shape index (κ1) is 21.4. The molecule has 6 heteroatoms. The Morgan fingerprint density at radius 3 is 2.88 bits per heavy atom. The molecule has 0 saturated carbocycles. The van der Waals surface area contributed by atoms with Crippen LogP contribution in [-0.4, -0.2) is 55.2 Å². The Bertz CT molecular complexity index is 513. The number of para-hydroxylation sites is 1. The fourth-order valence-electron chi connectivity index (χ4n) is 2.81. The molecule has 1 aromatic rings. The van der Waals surface area contributed by atoms with Crippen LogP contribution in [0.3, 0.4) is 0 Å². The minimum absolute atomic E-state index is 0. The maximum atomic E-state index is 5.69. The van der Waals surface area contributed by atoms with Gasteiger partial charge in [0, 0.05) is 37.7 Å². The average molecular weight is 463 g/mol. The highest BCUT2D eigenvalue weighted by Crippen LogP contribution is 2.21. The van der Waals surface area contributed by atoms with Crippen molar-refractivity contribution < 1.29 is 4.74 Å². The maximum absolute atomic E-state index is 5.69. The highest BCUT2D eigenvalue weighted by atomic mass is 127. The van der Waals surface area contributed by atoms with Crippen molar-refractivity contribution >= 4 is 41.7 Å². The van der Waals surface area contributed by atoms with Crippen LogP contribution in [0.1, 0.15) is 25.8 Å². The van der Waals surface area contributed by atoms with Crippen molar-refractivity contribution in [3.63, 3.8) is 0 Å². The van der Waals surface area contributed by atoms with E-state index in [2.05, 4.69) is 46.0 Å². The molecule has 1 heterocycles. The molecular weight excluding hydrogens is 433 g/mol. The van der Waals surface area contributed by atoms with E-state index >= 15 is 0 Å². The fourth-order valence-corrected chi connectivity index (χ4v) is 3.99. The average Bonchev–Trinajstić information content (AvgIpc) is 2.60. The van der Waals surface area contributed by atoms with Crippen LogP contribution in [0, 0.1) is 0 Å². The molecular formula is C18H30IN3OS. The first-order valence-electron chi connectivity index (χ1n) is 8.56. The second-order valence-corrected chi connectivity index (χ2v) is 7.02. The topological polar surface area (TPSA) is 36.9 Å². The maximum Gasteiger partial charge on any atom is 0.193 e. The molecule has 4 nitrogen and oxygen atoms in total. The van der Waals surface area contributed by atoms with Crippen molar-refractivity contribution in [2.24, 2.45) is 4.99 Å². The van der Waals surface area contributed by atoms with E-state index in [4.69, 9.17) is 4.74 Å². The quantitative estimate of drug-likeness (QED) is 0.397. The zero-order chi connectivity index (χ0) is 16.5. The largest absolute Gasteiger partial charge is 0.494 e. The standard InChI is InChI=1S/C18H29N3OS.HI/c1-4-16-14-21(12-13-23-16)18(19-3)20-11-10-15-8-6-7-9-17(15)22-5-2;/h6-9,16H,4-5,10-14H2,1-3H3,(H,19,20);1H. The van der Waals surface area contributed by atoms with Crippen LogP contribution in [0.5, 0.6) is 5.75 Å². The molecule has 0 aromatic heterocycles.